The van der Waals surface area contributed by atoms with Crippen molar-refractivity contribution in [3.8, 4) is 5.75 Å². The van der Waals surface area contributed by atoms with Crippen LogP contribution in [0.25, 0.3) is 0 Å². The molecule has 148 valence electrons. The van der Waals surface area contributed by atoms with Crippen molar-refractivity contribution in [1.29, 1.82) is 0 Å². The Morgan fingerprint density at radius 3 is 1.93 bits per heavy atom. The number of carbonyl (C=O) groups is 3. The molecule has 0 spiro atoms. The zero-order valence-corrected chi connectivity index (χ0v) is 16.3. The Balaban J connectivity index is 2.28. The molecular formula is C21H23NO6. The van der Waals surface area contributed by atoms with Crippen LogP contribution in [0.5, 0.6) is 5.75 Å². The molecule has 0 aromatic heterocycles. The summed E-state index contributed by atoms with van der Waals surface area (Å²) in [6.07, 6.45) is -0.849. The summed E-state index contributed by atoms with van der Waals surface area (Å²) in [4.78, 5) is 38.2. The lowest BCUT2D eigenvalue weighted by Gasteiger charge is -2.25. The molecule has 7 heteroatoms. The quantitative estimate of drug-likeness (QED) is 0.681. The first-order chi connectivity index (χ1) is 13.4. The monoisotopic (exact) mass is 385 g/mol. The van der Waals surface area contributed by atoms with Crippen LogP contribution in [0, 0.1) is 0 Å². The van der Waals surface area contributed by atoms with E-state index in [1.165, 1.54) is 32.4 Å². The SMILES string of the molecule is CCN(C(=O)[C@H](C)Oc1cc(C(=O)OC)cc(C(=O)OC)c1)c1ccccc1. The number of amides is 1. The van der Waals surface area contributed by atoms with Crippen molar-refractivity contribution in [2.75, 3.05) is 25.7 Å². The van der Waals surface area contributed by atoms with E-state index >= 15 is 0 Å². The molecule has 7 nitrogen and oxygen atoms in total. The van der Waals surface area contributed by atoms with Crippen LogP contribution in [0.4, 0.5) is 5.69 Å². The minimum atomic E-state index is -0.849. The average Bonchev–Trinajstić information content (AvgIpc) is 2.73. The van der Waals surface area contributed by atoms with Gasteiger partial charge in [-0.25, -0.2) is 9.59 Å². The Morgan fingerprint density at radius 2 is 1.46 bits per heavy atom. The summed E-state index contributed by atoms with van der Waals surface area (Å²) < 4.78 is 15.2. The molecule has 28 heavy (non-hydrogen) atoms. The minimum Gasteiger partial charge on any atom is -0.481 e. The number of ether oxygens (including phenoxy) is 3. The van der Waals surface area contributed by atoms with Crippen molar-refractivity contribution in [1.82, 2.24) is 0 Å². The standard InChI is InChI=1S/C21H23NO6/c1-5-22(17-9-7-6-8-10-17)19(23)14(2)28-18-12-15(20(24)26-3)11-16(13-18)21(25)27-4/h6-14H,5H2,1-4H3/t14-/m0/s1. The van der Waals surface area contributed by atoms with E-state index in [1.807, 2.05) is 37.3 Å². The van der Waals surface area contributed by atoms with Gasteiger partial charge in [0, 0.05) is 12.2 Å². The Labute approximate surface area is 163 Å². The highest BCUT2D eigenvalue weighted by Crippen LogP contribution is 2.22. The van der Waals surface area contributed by atoms with Crippen molar-refractivity contribution >= 4 is 23.5 Å². The van der Waals surface area contributed by atoms with E-state index in [4.69, 9.17) is 14.2 Å². The lowest BCUT2D eigenvalue weighted by molar-refractivity contribution is -0.124. The smallest absolute Gasteiger partial charge is 0.338 e. The Morgan fingerprint density at radius 1 is 0.929 bits per heavy atom. The summed E-state index contributed by atoms with van der Waals surface area (Å²) in [7, 11) is 2.47. The van der Waals surface area contributed by atoms with Crippen LogP contribution in [0.1, 0.15) is 34.6 Å². The van der Waals surface area contributed by atoms with Crippen LogP contribution in [0.2, 0.25) is 0 Å². The molecule has 0 fully saturated rings. The van der Waals surface area contributed by atoms with Crippen LogP contribution < -0.4 is 9.64 Å². The van der Waals surface area contributed by atoms with Gasteiger partial charge in [-0.05, 0) is 44.2 Å². The molecule has 0 heterocycles. The molecule has 0 saturated heterocycles. The number of hydrogen-bond acceptors (Lipinski definition) is 6. The van der Waals surface area contributed by atoms with Gasteiger partial charge in [0.1, 0.15) is 5.75 Å². The maximum atomic E-state index is 12.8. The van der Waals surface area contributed by atoms with Crippen LogP contribution in [0.15, 0.2) is 48.5 Å². The molecule has 0 aliphatic carbocycles. The summed E-state index contributed by atoms with van der Waals surface area (Å²) in [5, 5.41) is 0. The van der Waals surface area contributed by atoms with E-state index in [2.05, 4.69) is 0 Å². The van der Waals surface area contributed by atoms with Gasteiger partial charge in [-0.1, -0.05) is 18.2 Å². The first kappa shape index (κ1) is 21.0. The third kappa shape index (κ3) is 4.88. The predicted octanol–water partition coefficient (Wildman–Crippen LogP) is 3.08. The number of likely N-dealkylation sites (N-methyl/N-ethyl adjacent to an activating group) is 1. The summed E-state index contributed by atoms with van der Waals surface area (Å²) >= 11 is 0. The maximum absolute atomic E-state index is 12.8. The van der Waals surface area contributed by atoms with E-state index in [9.17, 15) is 14.4 Å². The van der Waals surface area contributed by atoms with Gasteiger partial charge < -0.3 is 19.1 Å². The fourth-order valence-corrected chi connectivity index (χ4v) is 2.69. The third-order valence-corrected chi connectivity index (χ3v) is 4.06. The van der Waals surface area contributed by atoms with Crippen molar-refractivity contribution < 1.29 is 28.6 Å². The first-order valence-corrected chi connectivity index (χ1v) is 8.76. The van der Waals surface area contributed by atoms with Gasteiger partial charge in [-0.2, -0.15) is 0 Å². The van der Waals surface area contributed by atoms with Gasteiger partial charge in [-0.3, -0.25) is 4.79 Å². The molecule has 0 unspecified atom stereocenters. The number of nitrogens with zero attached hydrogens (tertiary/aromatic N) is 1. The second kappa shape index (κ2) is 9.55. The number of carbonyl (C=O) groups excluding carboxylic acids is 3. The van der Waals surface area contributed by atoms with Crippen molar-refractivity contribution in [3.63, 3.8) is 0 Å². The highest BCUT2D eigenvalue weighted by atomic mass is 16.5. The lowest BCUT2D eigenvalue weighted by atomic mass is 10.1. The fourth-order valence-electron chi connectivity index (χ4n) is 2.69. The van der Waals surface area contributed by atoms with Crippen molar-refractivity contribution in [3.05, 3.63) is 59.7 Å². The van der Waals surface area contributed by atoms with Gasteiger partial charge in [-0.15, -0.1) is 0 Å². The second-order valence-corrected chi connectivity index (χ2v) is 5.91. The van der Waals surface area contributed by atoms with Gasteiger partial charge in [0.05, 0.1) is 25.3 Å². The summed E-state index contributed by atoms with van der Waals surface area (Å²) in [6.45, 7) is 3.94. The summed E-state index contributed by atoms with van der Waals surface area (Å²) in [5.41, 5.74) is 0.995. The molecule has 0 aliphatic rings. The minimum absolute atomic E-state index is 0.121. The number of anilines is 1. The predicted molar refractivity (Wildman–Crippen MR) is 104 cm³/mol. The number of esters is 2. The van der Waals surface area contributed by atoms with Crippen molar-refractivity contribution in [2.45, 2.75) is 20.0 Å². The average molecular weight is 385 g/mol. The summed E-state index contributed by atoms with van der Waals surface area (Å²) in [5.74, 6) is -1.33. The Hall–Kier alpha value is -3.35. The number of hydrogen-bond donors (Lipinski definition) is 0. The van der Waals surface area contributed by atoms with Crippen LogP contribution in [-0.2, 0) is 14.3 Å². The number of rotatable bonds is 7. The molecule has 0 saturated carbocycles. The van der Waals surface area contributed by atoms with E-state index < -0.39 is 18.0 Å². The molecule has 0 aliphatic heterocycles. The zero-order valence-electron chi connectivity index (χ0n) is 16.3. The molecule has 1 amide bonds. The molecule has 1 atom stereocenters. The Kier molecular flexibility index (Phi) is 7.14. The highest BCUT2D eigenvalue weighted by molar-refractivity contribution is 5.97. The fraction of sp³-hybridized carbons (Fsp3) is 0.286. The van der Waals surface area contributed by atoms with Gasteiger partial charge >= 0.3 is 11.9 Å². The van der Waals surface area contributed by atoms with E-state index in [1.54, 1.807) is 11.8 Å². The van der Waals surface area contributed by atoms with Crippen LogP contribution in [-0.4, -0.2) is 44.7 Å². The van der Waals surface area contributed by atoms with Crippen LogP contribution >= 0.6 is 0 Å². The number of para-hydroxylation sites is 1. The molecule has 2 aromatic rings. The lowest BCUT2D eigenvalue weighted by Crippen LogP contribution is -2.40. The molecule has 0 bridgehead atoms. The van der Waals surface area contributed by atoms with Gasteiger partial charge in [0.15, 0.2) is 6.10 Å². The first-order valence-electron chi connectivity index (χ1n) is 8.76. The largest absolute Gasteiger partial charge is 0.481 e. The maximum Gasteiger partial charge on any atom is 0.338 e. The Bertz CT molecular complexity index is 815. The van der Waals surface area contributed by atoms with E-state index in [0.29, 0.717) is 6.54 Å². The molecule has 0 N–H and O–H groups in total. The molecule has 2 aromatic carbocycles. The normalized spacial score (nSPS) is 11.3. The van der Waals surface area contributed by atoms with Crippen molar-refractivity contribution in [2.24, 2.45) is 0 Å². The second-order valence-electron chi connectivity index (χ2n) is 5.91. The van der Waals surface area contributed by atoms with E-state index in [-0.39, 0.29) is 22.8 Å². The van der Waals surface area contributed by atoms with Gasteiger partial charge in [0.2, 0.25) is 0 Å². The number of benzene rings is 2. The summed E-state index contributed by atoms with van der Waals surface area (Å²) in [6, 6.07) is 13.4. The molecule has 2 rings (SSSR count). The van der Waals surface area contributed by atoms with E-state index in [0.717, 1.165) is 5.69 Å². The van der Waals surface area contributed by atoms with Gasteiger partial charge in [0.25, 0.3) is 5.91 Å². The zero-order chi connectivity index (χ0) is 20.7. The number of methoxy groups -OCH3 is 2. The highest BCUT2D eigenvalue weighted by Gasteiger charge is 2.23. The topological polar surface area (TPSA) is 82.1 Å². The third-order valence-electron chi connectivity index (χ3n) is 4.06. The molecule has 0 radical (unpaired) electrons. The molecular weight excluding hydrogens is 362 g/mol. The van der Waals surface area contributed by atoms with Crippen LogP contribution in [0.3, 0.4) is 0 Å².